The molecule has 3 nitrogen and oxygen atoms in total. The molecule has 0 unspecified atom stereocenters. The van der Waals surface area contributed by atoms with E-state index in [1.807, 2.05) is 30.4 Å². The third-order valence-corrected chi connectivity index (χ3v) is 3.99. The van der Waals surface area contributed by atoms with Gasteiger partial charge >= 0.3 is 0 Å². The van der Waals surface area contributed by atoms with Crippen molar-refractivity contribution >= 4 is 18.1 Å². The largest absolute Gasteiger partial charge is 0.496 e. The Balaban J connectivity index is 1.85. The lowest BCUT2D eigenvalue weighted by molar-refractivity contribution is 0.1000. The van der Waals surface area contributed by atoms with E-state index < -0.39 is 5.91 Å². The molecule has 0 aliphatic rings. The summed E-state index contributed by atoms with van der Waals surface area (Å²) in [6.45, 7) is 0. The number of amides is 1. The number of ether oxygens (including phenoxy) is 1. The van der Waals surface area contributed by atoms with E-state index in [9.17, 15) is 4.79 Å². The Hall–Kier alpha value is -3.33. The average molecular weight is 329 g/mol. The van der Waals surface area contributed by atoms with Crippen LogP contribution >= 0.6 is 0 Å². The first kappa shape index (κ1) is 16.5. The Labute approximate surface area is 147 Å². The van der Waals surface area contributed by atoms with Gasteiger partial charge < -0.3 is 10.5 Å². The van der Waals surface area contributed by atoms with Crippen molar-refractivity contribution in [1.82, 2.24) is 0 Å². The van der Waals surface area contributed by atoms with E-state index in [1.165, 1.54) is 11.1 Å². The molecule has 0 atom stereocenters. The molecule has 124 valence electrons. The van der Waals surface area contributed by atoms with Gasteiger partial charge in [0.2, 0.25) is 5.91 Å². The number of methoxy groups -OCH3 is 1. The average Bonchev–Trinajstić information content (AvgIpc) is 2.67. The van der Waals surface area contributed by atoms with E-state index in [4.69, 9.17) is 10.5 Å². The molecule has 1 amide bonds. The first-order valence-corrected chi connectivity index (χ1v) is 7.99. The maximum absolute atomic E-state index is 11.4. The van der Waals surface area contributed by atoms with Crippen LogP contribution in [0.2, 0.25) is 0 Å². The molecule has 0 fully saturated rings. The van der Waals surface area contributed by atoms with E-state index in [0.29, 0.717) is 11.3 Å². The molecule has 0 saturated heterocycles. The lowest BCUT2D eigenvalue weighted by Crippen LogP contribution is -2.10. The van der Waals surface area contributed by atoms with Gasteiger partial charge in [0.05, 0.1) is 7.11 Å². The minimum absolute atomic E-state index is 0.454. The lowest BCUT2D eigenvalue weighted by Gasteiger charge is -2.06. The van der Waals surface area contributed by atoms with Crippen LogP contribution in [0, 0.1) is 0 Å². The second kappa shape index (κ2) is 7.49. The fraction of sp³-hybridized carbons (Fsp3) is 0.0455. The zero-order valence-electron chi connectivity index (χ0n) is 14.0. The molecule has 25 heavy (non-hydrogen) atoms. The van der Waals surface area contributed by atoms with Gasteiger partial charge in [0.25, 0.3) is 0 Å². The molecule has 0 saturated carbocycles. The molecule has 0 heterocycles. The van der Waals surface area contributed by atoms with E-state index in [-0.39, 0.29) is 0 Å². The molecule has 0 aliphatic carbocycles. The smallest absolute Gasteiger partial charge is 0.248 e. The monoisotopic (exact) mass is 329 g/mol. The zero-order chi connectivity index (χ0) is 17.6. The molecule has 3 aromatic rings. The molecule has 3 aromatic carbocycles. The van der Waals surface area contributed by atoms with Crippen molar-refractivity contribution in [1.29, 1.82) is 0 Å². The highest BCUT2D eigenvalue weighted by Gasteiger charge is 2.05. The summed E-state index contributed by atoms with van der Waals surface area (Å²) in [5.41, 5.74) is 10.0. The Bertz CT molecular complexity index is 897. The van der Waals surface area contributed by atoms with E-state index in [0.717, 1.165) is 11.1 Å². The van der Waals surface area contributed by atoms with Gasteiger partial charge in [0, 0.05) is 11.1 Å². The summed E-state index contributed by atoms with van der Waals surface area (Å²) in [5.74, 6) is 0.242. The number of hydrogen-bond acceptors (Lipinski definition) is 2. The van der Waals surface area contributed by atoms with Gasteiger partial charge in [-0.25, -0.2) is 0 Å². The minimum Gasteiger partial charge on any atom is -0.496 e. The molecule has 0 bridgehead atoms. The van der Waals surface area contributed by atoms with Gasteiger partial charge in [-0.1, -0.05) is 66.7 Å². The second-order valence-electron chi connectivity index (χ2n) is 5.64. The SMILES string of the molecule is COc1ccc(C(N)=O)cc1C=Cc1ccc(-c2ccccc2)cc1. The molecule has 2 N–H and O–H groups in total. The predicted molar refractivity (Wildman–Crippen MR) is 102 cm³/mol. The maximum Gasteiger partial charge on any atom is 0.248 e. The molecule has 3 heteroatoms. The van der Waals surface area contributed by atoms with Crippen molar-refractivity contribution < 1.29 is 9.53 Å². The third kappa shape index (κ3) is 3.96. The van der Waals surface area contributed by atoms with Crippen LogP contribution < -0.4 is 10.5 Å². The van der Waals surface area contributed by atoms with E-state index >= 15 is 0 Å². The van der Waals surface area contributed by atoms with Crippen LogP contribution in [0.15, 0.2) is 72.8 Å². The van der Waals surface area contributed by atoms with Gasteiger partial charge in [-0.3, -0.25) is 4.79 Å². The minimum atomic E-state index is -0.454. The highest BCUT2D eigenvalue weighted by atomic mass is 16.5. The fourth-order valence-electron chi connectivity index (χ4n) is 2.62. The van der Waals surface area contributed by atoms with Crippen molar-refractivity contribution in [2.75, 3.05) is 7.11 Å². The summed E-state index contributed by atoms with van der Waals surface area (Å²) in [4.78, 5) is 11.4. The van der Waals surface area contributed by atoms with Crippen LogP contribution in [0.1, 0.15) is 21.5 Å². The van der Waals surface area contributed by atoms with Crippen molar-refractivity contribution in [3.05, 3.63) is 89.5 Å². The quantitative estimate of drug-likeness (QED) is 0.694. The van der Waals surface area contributed by atoms with Crippen molar-refractivity contribution in [2.45, 2.75) is 0 Å². The Kier molecular flexibility index (Phi) is 4.95. The van der Waals surface area contributed by atoms with Crippen LogP contribution in [0.3, 0.4) is 0 Å². The standard InChI is InChI=1S/C22H19NO2/c1-25-21-14-13-20(22(23)24)15-19(21)12-9-16-7-10-18(11-8-16)17-5-3-2-4-6-17/h2-15H,1H3,(H2,23,24). The predicted octanol–water partition coefficient (Wildman–Crippen LogP) is 4.63. The third-order valence-electron chi connectivity index (χ3n) is 3.99. The molecule has 0 spiro atoms. The van der Waals surface area contributed by atoms with Crippen LogP contribution in [-0.4, -0.2) is 13.0 Å². The van der Waals surface area contributed by atoms with Crippen LogP contribution in [0.4, 0.5) is 0 Å². The number of carbonyl (C=O) groups is 1. The molecule has 0 aromatic heterocycles. The normalized spacial score (nSPS) is 10.8. The summed E-state index contributed by atoms with van der Waals surface area (Å²) in [7, 11) is 1.60. The van der Waals surface area contributed by atoms with Gasteiger partial charge in [0.15, 0.2) is 0 Å². The van der Waals surface area contributed by atoms with Crippen LogP contribution in [0.25, 0.3) is 23.3 Å². The highest BCUT2D eigenvalue weighted by molar-refractivity contribution is 5.94. The summed E-state index contributed by atoms with van der Waals surface area (Å²) in [6, 6.07) is 23.7. The number of hydrogen-bond donors (Lipinski definition) is 1. The fourth-order valence-corrected chi connectivity index (χ4v) is 2.62. The van der Waals surface area contributed by atoms with Gasteiger partial charge in [0.1, 0.15) is 5.75 Å². The Morgan fingerprint density at radius 2 is 1.56 bits per heavy atom. The highest BCUT2D eigenvalue weighted by Crippen LogP contribution is 2.23. The molecule has 0 aliphatic heterocycles. The Morgan fingerprint density at radius 3 is 2.20 bits per heavy atom. The topological polar surface area (TPSA) is 52.3 Å². The first-order chi connectivity index (χ1) is 12.2. The Morgan fingerprint density at radius 1 is 0.880 bits per heavy atom. The van der Waals surface area contributed by atoms with Gasteiger partial charge in [-0.15, -0.1) is 0 Å². The molecule has 3 rings (SSSR count). The van der Waals surface area contributed by atoms with Gasteiger partial charge in [-0.2, -0.15) is 0 Å². The molecule has 0 radical (unpaired) electrons. The van der Waals surface area contributed by atoms with E-state index in [2.05, 4.69) is 36.4 Å². The number of primary amides is 1. The summed E-state index contributed by atoms with van der Waals surface area (Å²) in [5, 5.41) is 0. The first-order valence-electron chi connectivity index (χ1n) is 7.99. The lowest BCUT2D eigenvalue weighted by atomic mass is 10.0. The van der Waals surface area contributed by atoms with Crippen molar-refractivity contribution in [3.8, 4) is 16.9 Å². The molecular formula is C22H19NO2. The van der Waals surface area contributed by atoms with Crippen LogP contribution in [-0.2, 0) is 0 Å². The zero-order valence-corrected chi connectivity index (χ0v) is 14.0. The second-order valence-corrected chi connectivity index (χ2v) is 5.64. The maximum atomic E-state index is 11.4. The summed E-state index contributed by atoms with van der Waals surface area (Å²) < 4.78 is 5.34. The van der Waals surface area contributed by atoms with Crippen molar-refractivity contribution in [2.24, 2.45) is 5.73 Å². The van der Waals surface area contributed by atoms with Gasteiger partial charge in [-0.05, 0) is 34.9 Å². The number of carbonyl (C=O) groups excluding carboxylic acids is 1. The number of benzene rings is 3. The summed E-state index contributed by atoms with van der Waals surface area (Å²) in [6.07, 6.45) is 3.90. The van der Waals surface area contributed by atoms with Crippen LogP contribution in [0.5, 0.6) is 5.75 Å². The van der Waals surface area contributed by atoms with E-state index in [1.54, 1.807) is 25.3 Å². The number of rotatable bonds is 5. The number of nitrogens with two attached hydrogens (primary N) is 1. The van der Waals surface area contributed by atoms with Crippen molar-refractivity contribution in [3.63, 3.8) is 0 Å². The molecular weight excluding hydrogens is 310 g/mol. The summed E-state index contributed by atoms with van der Waals surface area (Å²) >= 11 is 0.